The number of rotatable bonds is 5. The van der Waals surface area contributed by atoms with Crippen molar-refractivity contribution in [2.45, 2.75) is 19.6 Å². The molecule has 3 rings (SSSR count). The Morgan fingerprint density at radius 3 is 2.92 bits per heavy atom. The summed E-state index contributed by atoms with van der Waals surface area (Å²) in [6.45, 7) is 2.16. The monoisotopic (exact) mass is 368 g/mol. The van der Waals surface area contributed by atoms with Gasteiger partial charge in [-0.15, -0.1) is 0 Å². The number of carbonyl (C=O) groups is 1. The van der Waals surface area contributed by atoms with Crippen molar-refractivity contribution in [3.63, 3.8) is 0 Å². The summed E-state index contributed by atoms with van der Waals surface area (Å²) in [5, 5.41) is 3.43. The van der Waals surface area contributed by atoms with E-state index in [-0.39, 0.29) is 23.6 Å². The summed E-state index contributed by atoms with van der Waals surface area (Å²) < 4.78 is 16.0. The highest BCUT2D eigenvalue weighted by Gasteiger charge is 2.18. The van der Waals surface area contributed by atoms with Gasteiger partial charge in [-0.1, -0.05) is 29.3 Å². The molecule has 6 nitrogen and oxygen atoms in total. The Morgan fingerprint density at radius 1 is 1.33 bits per heavy atom. The van der Waals surface area contributed by atoms with E-state index in [0.717, 1.165) is 5.56 Å². The smallest absolute Gasteiger partial charge is 0.261 e. The summed E-state index contributed by atoms with van der Waals surface area (Å²) in [4.78, 5) is 16.1. The summed E-state index contributed by atoms with van der Waals surface area (Å²) in [7, 11) is 0. The number of amides is 1. The Kier molecular flexibility index (Phi) is 4.97. The van der Waals surface area contributed by atoms with Crippen LogP contribution in [-0.4, -0.2) is 23.8 Å². The molecule has 0 spiro atoms. The van der Waals surface area contributed by atoms with Gasteiger partial charge < -0.3 is 19.5 Å². The lowest BCUT2D eigenvalue weighted by atomic mass is 10.2. The maximum absolute atomic E-state index is 12.1. The topological polar surface area (TPSA) is 69.7 Å². The van der Waals surface area contributed by atoms with Crippen LogP contribution in [0.25, 0.3) is 0 Å². The van der Waals surface area contributed by atoms with Gasteiger partial charge in [0.2, 0.25) is 12.7 Å². The van der Waals surface area contributed by atoms with Gasteiger partial charge in [0.25, 0.3) is 5.91 Å². The fraction of sp³-hybridized carbons (Fsp3) is 0.250. The van der Waals surface area contributed by atoms with E-state index >= 15 is 0 Å². The summed E-state index contributed by atoms with van der Waals surface area (Å²) in [5.74, 6) is 1.24. The molecule has 0 saturated carbocycles. The zero-order valence-electron chi connectivity index (χ0n) is 12.7. The van der Waals surface area contributed by atoms with E-state index in [1.165, 1.54) is 12.3 Å². The molecule has 8 heteroatoms. The molecule has 24 heavy (non-hydrogen) atoms. The zero-order chi connectivity index (χ0) is 17.1. The molecular formula is C16H14Cl2N2O4. The van der Waals surface area contributed by atoms with Crippen LogP contribution >= 0.6 is 23.2 Å². The second kappa shape index (κ2) is 7.15. The third kappa shape index (κ3) is 3.83. The Hall–Kier alpha value is -2.18. The summed E-state index contributed by atoms with van der Waals surface area (Å²) in [6.07, 6.45) is 0.644. The van der Waals surface area contributed by atoms with Crippen molar-refractivity contribution in [2.75, 3.05) is 6.79 Å². The first-order chi connectivity index (χ1) is 11.5. The predicted octanol–water partition coefficient (Wildman–Crippen LogP) is 3.20. The van der Waals surface area contributed by atoms with E-state index in [9.17, 15) is 4.79 Å². The average molecular weight is 369 g/mol. The summed E-state index contributed by atoms with van der Waals surface area (Å²) in [6, 6.07) is 6.99. The highest BCUT2D eigenvalue weighted by atomic mass is 35.5. The van der Waals surface area contributed by atoms with Crippen molar-refractivity contribution in [1.82, 2.24) is 10.3 Å². The fourth-order valence-electron chi connectivity index (χ4n) is 2.09. The van der Waals surface area contributed by atoms with Crippen LogP contribution in [0.2, 0.25) is 10.0 Å². The number of benzene rings is 1. The van der Waals surface area contributed by atoms with Crippen molar-refractivity contribution >= 4 is 29.1 Å². The van der Waals surface area contributed by atoms with Gasteiger partial charge in [0.05, 0.1) is 5.02 Å². The van der Waals surface area contributed by atoms with E-state index in [2.05, 4.69) is 10.3 Å². The Bertz CT molecular complexity index is 770. The minimum Gasteiger partial charge on any atom is -0.463 e. The molecule has 0 aliphatic carbocycles. The van der Waals surface area contributed by atoms with Crippen molar-refractivity contribution in [1.29, 1.82) is 0 Å². The number of nitrogens with zero attached hydrogens (tertiary/aromatic N) is 1. The van der Waals surface area contributed by atoms with Gasteiger partial charge in [-0.25, -0.2) is 4.98 Å². The van der Waals surface area contributed by atoms with Crippen molar-refractivity contribution in [3.8, 4) is 17.4 Å². The van der Waals surface area contributed by atoms with E-state index in [1.807, 2.05) is 12.1 Å². The SMILES string of the molecule is CC(Oc1ncc(Cl)cc1Cl)C(=O)NCc1ccc2c(c1)OCO2. The van der Waals surface area contributed by atoms with Crippen LogP contribution in [-0.2, 0) is 11.3 Å². The van der Waals surface area contributed by atoms with Gasteiger partial charge in [0, 0.05) is 12.7 Å². The Labute approximate surface area is 148 Å². The quantitative estimate of drug-likeness (QED) is 0.877. The Balaban J connectivity index is 1.56. The van der Waals surface area contributed by atoms with Gasteiger partial charge >= 0.3 is 0 Å². The molecule has 1 aliphatic rings. The third-order valence-corrected chi connectivity index (χ3v) is 3.81. The van der Waals surface area contributed by atoms with Crippen LogP contribution in [0.5, 0.6) is 17.4 Å². The number of hydrogen-bond acceptors (Lipinski definition) is 5. The molecule has 2 heterocycles. The molecule has 1 unspecified atom stereocenters. The van der Waals surface area contributed by atoms with Crippen molar-refractivity contribution in [3.05, 3.63) is 46.1 Å². The van der Waals surface area contributed by atoms with Crippen molar-refractivity contribution in [2.24, 2.45) is 0 Å². The molecule has 126 valence electrons. The van der Waals surface area contributed by atoms with Crippen LogP contribution in [0, 0.1) is 0 Å². The second-order valence-corrected chi connectivity index (χ2v) is 5.95. The van der Waals surface area contributed by atoms with Gasteiger partial charge in [-0.2, -0.15) is 0 Å². The molecule has 1 atom stereocenters. The second-order valence-electron chi connectivity index (χ2n) is 5.11. The van der Waals surface area contributed by atoms with E-state index in [4.69, 9.17) is 37.4 Å². The molecular weight excluding hydrogens is 355 g/mol. The van der Waals surface area contributed by atoms with Crippen LogP contribution < -0.4 is 19.5 Å². The molecule has 0 fully saturated rings. The van der Waals surface area contributed by atoms with Crippen LogP contribution in [0.15, 0.2) is 30.5 Å². The normalized spacial score (nSPS) is 13.5. The van der Waals surface area contributed by atoms with Crippen LogP contribution in [0.3, 0.4) is 0 Å². The lowest BCUT2D eigenvalue weighted by molar-refractivity contribution is -0.127. The zero-order valence-corrected chi connectivity index (χ0v) is 14.2. The maximum Gasteiger partial charge on any atom is 0.261 e. The third-order valence-electron chi connectivity index (χ3n) is 3.34. The minimum absolute atomic E-state index is 0.159. The summed E-state index contributed by atoms with van der Waals surface area (Å²) in [5.41, 5.74) is 0.891. The number of ether oxygens (including phenoxy) is 3. The first-order valence-electron chi connectivity index (χ1n) is 7.17. The lowest BCUT2D eigenvalue weighted by Gasteiger charge is -2.15. The molecule has 0 saturated heterocycles. The molecule has 0 bridgehead atoms. The number of aromatic nitrogens is 1. The standard InChI is InChI=1S/C16H14Cl2N2O4/c1-9(24-16-12(18)5-11(17)7-20-16)15(21)19-6-10-2-3-13-14(4-10)23-8-22-13/h2-5,7,9H,6,8H2,1H3,(H,19,21). The van der Waals surface area contributed by atoms with Crippen molar-refractivity contribution < 1.29 is 19.0 Å². The number of pyridine rings is 1. The first-order valence-corrected chi connectivity index (χ1v) is 7.92. The Morgan fingerprint density at radius 2 is 2.12 bits per heavy atom. The summed E-state index contributed by atoms with van der Waals surface area (Å²) >= 11 is 11.7. The molecule has 1 aromatic heterocycles. The number of carbonyl (C=O) groups excluding carboxylic acids is 1. The highest BCUT2D eigenvalue weighted by molar-refractivity contribution is 6.35. The van der Waals surface area contributed by atoms with Gasteiger partial charge in [0.15, 0.2) is 17.6 Å². The molecule has 0 radical (unpaired) electrons. The van der Waals surface area contributed by atoms with Gasteiger partial charge in [-0.05, 0) is 30.7 Å². The largest absolute Gasteiger partial charge is 0.463 e. The molecule has 1 aromatic carbocycles. The highest BCUT2D eigenvalue weighted by Crippen LogP contribution is 2.32. The van der Waals surface area contributed by atoms with Crippen LogP contribution in [0.4, 0.5) is 0 Å². The van der Waals surface area contributed by atoms with Gasteiger partial charge in [0.1, 0.15) is 5.02 Å². The number of halogens is 2. The molecule has 1 amide bonds. The van der Waals surface area contributed by atoms with E-state index < -0.39 is 6.10 Å². The first kappa shape index (κ1) is 16.7. The minimum atomic E-state index is -0.759. The number of nitrogens with one attached hydrogen (secondary N) is 1. The molecule has 1 N–H and O–H groups in total. The number of fused-ring (bicyclic) bond motifs is 1. The van der Waals surface area contributed by atoms with E-state index in [0.29, 0.717) is 23.1 Å². The maximum atomic E-state index is 12.1. The van der Waals surface area contributed by atoms with Gasteiger partial charge in [-0.3, -0.25) is 4.79 Å². The number of hydrogen-bond donors (Lipinski definition) is 1. The average Bonchev–Trinajstić information content (AvgIpc) is 3.02. The van der Waals surface area contributed by atoms with Crippen LogP contribution in [0.1, 0.15) is 12.5 Å². The molecule has 1 aliphatic heterocycles. The predicted molar refractivity (Wildman–Crippen MR) is 88.8 cm³/mol. The molecule has 2 aromatic rings. The van der Waals surface area contributed by atoms with E-state index in [1.54, 1.807) is 13.0 Å². The lowest BCUT2D eigenvalue weighted by Crippen LogP contribution is -2.36. The fourth-order valence-corrected chi connectivity index (χ4v) is 2.52.